The van der Waals surface area contributed by atoms with Crippen LogP contribution in [0.2, 0.25) is 0 Å². The summed E-state index contributed by atoms with van der Waals surface area (Å²) in [5.41, 5.74) is 2.76. The summed E-state index contributed by atoms with van der Waals surface area (Å²) in [6.07, 6.45) is 3.17. The smallest absolute Gasteiger partial charge is 0.248 e. The number of rotatable bonds is 7. The van der Waals surface area contributed by atoms with Crippen molar-refractivity contribution in [2.75, 3.05) is 26.6 Å². The van der Waals surface area contributed by atoms with E-state index in [9.17, 15) is 4.79 Å². The second-order valence-corrected chi connectivity index (χ2v) is 6.06. The molecule has 0 bridgehead atoms. The van der Waals surface area contributed by atoms with E-state index in [-0.39, 0.29) is 5.91 Å². The zero-order valence-electron chi connectivity index (χ0n) is 15.8. The normalized spacial score (nSPS) is 10.8. The van der Waals surface area contributed by atoms with E-state index in [1.165, 1.54) is 11.6 Å². The van der Waals surface area contributed by atoms with Crippen LogP contribution >= 0.6 is 0 Å². The molecule has 2 rings (SSSR count). The minimum Gasteiger partial charge on any atom is -0.493 e. The molecule has 0 aliphatic heterocycles. The monoisotopic (exact) mass is 355 g/mol. The Morgan fingerprint density at radius 1 is 0.962 bits per heavy atom. The van der Waals surface area contributed by atoms with Gasteiger partial charge >= 0.3 is 0 Å². The second kappa shape index (κ2) is 8.94. The van der Waals surface area contributed by atoms with Crippen LogP contribution in [0.5, 0.6) is 17.2 Å². The topological polar surface area (TPSA) is 56.8 Å². The molecular weight excluding hydrogens is 330 g/mol. The van der Waals surface area contributed by atoms with E-state index in [0.717, 1.165) is 11.3 Å². The van der Waals surface area contributed by atoms with E-state index in [1.54, 1.807) is 39.5 Å². The number of carbonyl (C=O) groups is 1. The number of hydrogen-bond donors (Lipinski definition) is 1. The molecule has 0 saturated heterocycles. The van der Waals surface area contributed by atoms with Gasteiger partial charge in [0.25, 0.3) is 0 Å². The number of hydrogen-bond acceptors (Lipinski definition) is 4. The Hall–Kier alpha value is -2.95. The van der Waals surface area contributed by atoms with Gasteiger partial charge in [0.1, 0.15) is 0 Å². The zero-order chi connectivity index (χ0) is 19.1. The summed E-state index contributed by atoms with van der Waals surface area (Å²) in [6.45, 7) is 4.27. The maximum atomic E-state index is 12.2. The molecule has 0 fully saturated rings. The van der Waals surface area contributed by atoms with E-state index in [0.29, 0.717) is 23.2 Å². The molecule has 0 aliphatic carbocycles. The molecule has 2 aromatic rings. The third-order valence-corrected chi connectivity index (χ3v) is 3.96. The van der Waals surface area contributed by atoms with Gasteiger partial charge < -0.3 is 19.5 Å². The molecule has 0 aliphatic rings. The molecular formula is C21H25NO4. The summed E-state index contributed by atoms with van der Waals surface area (Å²) in [7, 11) is 4.66. The molecule has 0 atom stereocenters. The Labute approximate surface area is 154 Å². The van der Waals surface area contributed by atoms with Gasteiger partial charge in [-0.2, -0.15) is 0 Å². The number of amides is 1. The third-order valence-electron chi connectivity index (χ3n) is 3.96. The summed E-state index contributed by atoms with van der Waals surface area (Å²) in [5.74, 6) is 1.84. The average Bonchev–Trinajstić information content (AvgIpc) is 2.65. The van der Waals surface area contributed by atoms with Crippen LogP contribution in [0.1, 0.15) is 30.9 Å². The van der Waals surface area contributed by atoms with Gasteiger partial charge in [0.2, 0.25) is 11.7 Å². The van der Waals surface area contributed by atoms with Crippen LogP contribution < -0.4 is 19.5 Å². The number of carbonyl (C=O) groups excluding carboxylic acids is 1. The highest BCUT2D eigenvalue weighted by molar-refractivity contribution is 6.02. The summed E-state index contributed by atoms with van der Waals surface area (Å²) in [6, 6.07) is 11.4. The van der Waals surface area contributed by atoms with Crippen molar-refractivity contribution in [3.63, 3.8) is 0 Å². The fourth-order valence-electron chi connectivity index (χ4n) is 2.50. The molecule has 138 valence electrons. The van der Waals surface area contributed by atoms with E-state index in [2.05, 4.69) is 19.2 Å². The largest absolute Gasteiger partial charge is 0.493 e. The number of methoxy groups -OCH3 is 3. The van der Waals surface area contributed by atoms with Gasteiger partial charge in [0.15, 0.2) is 11.5 Å². The third kappa shape index (κ3) is 4.79. The molecule has 1 N–H and O–H groups in total. The van der Waals surface area contributed by atoms with Crippen molar-refractivity contribution in [2.24, 2.45) is 0 Å². The first kappa shape index (κ1) is 19.4. The lowest BCUT2D eigenvalue weighted by molar-refractivity contribution is -0.111. The number of benzene rings is 2. The molecule has 0 spiro atoms. The quantitative estimate of drug-likeness (QED) is 0.744. The lowest BCUT2D eigenvalue weighted by Gasteiger charge is -2.12. The Morgan fingerprint density at radius 2 is 1.54 bits per heavy atom. The van der Waals surface area contributed by atoms with Crippen LogP contribution in [-0.2, 0) is 4.79 Å². The first-order chi connectivity index (χ1) is 12.5. The molecule has 26 heavy (non-hydrogen) atoms. The van der Waals surface area contributed by atoms with Crippen LogP contribution in [0.25, 0.3) is 6.08 Å². The molecule has 0 heterocycles. The zero-order valence-corrected chi connectivity index (χ0v) is 15.8. The Kier molecular flexibility index (Phi) is 6.67. The molecule has 5 nitrogen and oxygen atoms in total. The van der Waals surface area contributed by atoms with Crippen LogP contribution in [0.15, 0.2) is 42.5 Å². The number of nitrogens with one attached hydrogen (secondary N) is 1. The van der Waals surface area contributed by atoms with Gasteiger partial charge in [-0.05, 0) is 47.4 Å². The summed E-state index contributed by atoms with van der Waals surface area (Å²) in [5, 5.41) is 2.85. The molecule has 2 aromatic carbocycles. The van der Waals surface area contributed by atoms with Crippen molar-refractivity contribution in [1.82, 2.24) is 0 Å². The standard InChI is InChI=1S/C21H25NO4/c1-14(2)16-7-9-17(10-8-16)22-20(23)11-6-15-12-18(24-3)21(26-5)19(13-15)25-4/h6-14H,1-5H3,(H,22,23). The molecule has 0 aromatic heterocycles. The average molecular weight is 355 g/mol. The van der Waals surface area contributed by atoms with Gasteiger partial charge in [-0.3, -0.25) is 4.79 Å². The first-order valence-electron chi connectivity index (χ1n) is 8.37. The second-order valence-electron chi connectivity index (χ2n) is 6.06. The lowest BCUT2D eigenvalue weighted by Crippen LogP contribution is -2.07. The Balaban J connectivity index is 2.12. The van der Waals surface area contributed by atoms with Crippen LogP contribution in [0.3, 0.4) is 0 Å². The maximum absolute atomic E-state index is 12.2. The van der Waals surface area contributed by atoms with Crippen LogP contribution in [0.4, 0.5) is 5.69 Å². The molecule has 1 amide bonds. The van der Waals surface area contributed by atoms with Crippen molar-refractivity contribution < 1.29 is 19.0 Å². The SMILES string of the molecule is COc1cc(C=CC(=O)Nc2ccc(C(C)C)cc2)cc(OC)c1OC. The number of ether oxygens (including phenoxy) is 3. The number of anilines is 1. The van der Waals surface area contributed by atoms with E-state index in [1.807, 2.05) is 24.3 Å². The van der Waals surface area contributed by atoms with Crippen molar-refractivity contribution in [3.8, 4) is 17.2 Å². The highest BCUT2D eigenvalue weighted by Crippen LogP contribution is 2.38. The first-order valence-corrected chi connectivity index (χ1v) is 8.37. The van der Waals surface area contributed by atoms with E-state index in [4.69, 9.17) is 14.2 Å². The van der Waals surface area contributed by atoms with Crippen molar-refractivity contribution >= 4 is 17.7 Å². The molecule has 0 saturated carbocycles. The van der Waals surface area contributed by atoms with Gasteiger partial charge in [0, 0.05) is 11.8 Å². The van der Waals surface area contributed by atoms with Gasteiger partial charge in [0.05, 0.1) is 21.3 Å². The van der Waals surface area contributed by atoms with E-state index >= 15 is 0 Å². The summed E-state index contributed by atoms with van der Waals surface area (Å²) >= 11 is 0. The molecule has 0 radical (unpaired) electrons. The highest BCUT2D eigenvalue weighted by atomic mass is 16.5. The Bertz CT molecular complexity index is 754. The van der Waals surface area contributed by atoms with Crippen molar-refractivity contribution in [1.29, 1.82) is 0 Å². The predicted molar refractivity (Wildman–Crippen MR) is 104 cm³/mol. The maximum Gasteiger partial charge on any atom is 0.248 e. The van der Waals surface area contributed by atoms with Gasteiger partial charge in [-0.1, -0.05) is 26.0 Å². The van der Waals surface area contributed by atoms with Crippen LogP contribution in [0, 0.1) is 0 Å². The predicted octanol–water partition coefficient (Wildman–Crippen LogP) is 4.49. The molecule has 5 heteroatoms. The summed E-state index contributed by atoms with van der Waals surface area (Å²) < 4.78 is 15.9. The van der Waals surface area contributed by atoms with Crippen molar-refractivity contribution in [3.05, 3.63) is 53.6 Å². The highest BCUT2D eigenvalue weighted by Gasteiger charge is 2.12. The van der Waals surface area contributed by atoms with Gasteiger partial charge in [-0.15, -0.1) is 0 Å². The Morgan fingerprint density at radius 3 is 2.00 bits per heavy atom. The minimum atomic E-state index is -0.212. The fraction of sp³-hybridized carbons (Fsp3) is 0.286. The summed E-state index contributed by atoms with van der Waals surface area (Å²) in [4.78, 5) is 12.2. The molecule has 0 unspecified atom stereocenters. The van der Waals surface area contributed by atoms with Gasteiger partial charge in [-0.25, -0.2) is 0 Å². The minimum absolute atomic E-state index is 0.212. The van der Waals surface area contributed by atoms with Crippen LogP contribution in [-0.4, -0.2) is 27.2 Å². The van der Waals surface area contributed by atoms with Crippen molar-refractivity contribution in [2.45, 2.75) is 19.8 Å². The van der Waals surface area contributed by atoms with E-state index < -0.39 is 0 Å². The fourth-order valence-corrected chi connectivity index (χ4v) is 2.50. The lowest BCUT2D eigenvalue weighted by atomic mass is 10.0.